The number of pyridine rings is 1. The molecule has 0 aliphatic heterocycles. The zero-order chi connectivity index (χ0) is 8.43. The molecule has 1 N–H and O–H groups in total. The minimum absolute atomic E-state index is 0.00810. The molecule has 0 aromatic carbocycles. The standard InChI is InChI=1S/C7H9BrN2O/c1-10(2)6-4-9-3-5(8)7(6)11/h3-4H,1-2H3,(H,9,11). The van der Waals surface area contributed by atoms with E-state index in [1.54, 1.807) is 17.3 Å². The highest BCUT2D eigenvalue weighted by molar-refractivity contribution is 9.10. The summed E-state index contributed by atoms with van der Waals surface area (Å²) in [5.41, 5.74) is 0.660. The monoisotopic (exact) mass is 216 g/mol. The fourth-order valence-electron chi connectivity index (χ4n) is 0.779. The highest BCUT2D eigenvalue weighted by Gasteiger charge is 2.02. The molecular weight excluding hydrogens is 208 g/mol. The van der Waals surface area contributed by atoms with Gasteiger partial charge in [-0.1, -0.05) is 0 Å². The summed E-state index contributed by atoms with van der Waals surface area (Å²) in [4.78, 5) is 15.9. The van der Waals surface area contributed by atoms with Gasteiger partial charge >= 0.3 is 0 Å². The Bertz CT molecular complexity index is 306. The van der Waals surface area contributed by atoms with Crippen molar-refractivity contribution in [1.29, 1.82) is 0 Å². The normalized spacial score (nSPS) is 9.73. The number of rotatable bonds is 1. The number of aromatic nitrogens is 1. The van der Waals surface area contributed by atoms with Gasteiger partial charge in [0.2, 0.25) is 5.43 Å². The number of nitrogens with one attached hydrogen (secondary N) is 1. The summed E-state index contributed by atoms with van der Waals surface area (Å²) in [7, 11) is 3.66. The maximum absolute atomic E-state index is 11.3. The van der Waals surface area contributed by atoms with Crippen LogP contribution in [0.3, 0.4) is 0 Å². The first-order valence-electron chi connectivity index (χ1n) is 3.17. The van der Waals surface area contributed by atoms with Crippen LogP contribution in [0.2, 0.25) is 0 Å². The molecule has 4 heteroatoms. The second-order valence-corrected chi connectivity index (χ2v) is 3.27. The van der Waals surface area contributed by atoms with Crippen molar-refractivity contribution in [3.05, 3.63) is 27.1 Å². The van der Waals surface area contributed by atoms with E-state index in [-0.39, 0.29) is 5.43 Å². The summed E-state index contributed by atoms with van der Waals surface area (Å²) in [6.45, 7) is 0. The molecule has 0 amide bonds. The van der Waals surface area contributed by atoms with Crippen molar-refractivity contribution in [3.8, 4) is 0 Å². The third-order valence-corrected chi connectivity index (χ3v) is 1.95. The average Bonchev–Trinajstić information content (AvgIpc) is 1.94. The van der Waals surface area contributed by atoms with E-state index in [9.17, 15) is 4.79 Å². The topological polar surface area (TPSA) is 36.1 Å². The second-order valence-electron chi connectivity index (χ2n) is 2.41. The lowest BCUT2D eigenvalue weighted by Crippen LogP contribution is -2.19. The van der Waals surface area contributed by atoms with E-state index >= 15 is 0 Å². The van der Waals surface area contributed by atoms with E-state index in [0.29, 0.717) is 10.2 Å². The van der Waals surface area contributed by atoms with Crippen LogP contribution >= 0.6 is 15.9 Å². The van der Waals surface area contributed by atoms with E-state index in [1.165, 1.54) is 0 Å². The fourth-order valence-corrected chi connectivity index (χ4v) is 1.11. The van der Waals surface area contributed by atoms with E-state index in [0.717, 1.165) is 0 Å². The summed E-state index contributed by atoms with van der Waals surface area (Å²) in [5.74, 6) is 0. The van der Waals surface area contributed by atoms with Crippen LogP contribution in [0, 0.1) is 0 Å². The molecule has 0 atom stereocenters. The van der Waals surface area contributed by atoms with E-state index < -0.39 is 0 Å². The number of H-pyrrole nitrogens is 1. The van der Waals surface area contributed by atoms with Gasteiger partial charge in [-0.3, -0.25) is 4.79 Å². The Hall–Kier alpha value is -0.770. The Kier molecular flexibility index (Phi) is 2.34. The smallest absolute Gasteiger partial charge is 0.218 e. The molecule has 1 aromatic rings. The molecule has 0 fully saturated rings. The fraction of sp³-hybridized carbons (Fsp3) is 0.286. The van der Waals surface area contributed by atoms with Gasteiger partial charge in [0.1, 0.15) is 5.69 Å². The first-order chi connectivity index (χ1) is 5.13. The molecule has 1 heterocycles. The van der Waals surface area contributed by atoms with Crippen LogP contribution in [-0.2, 0) is 0 Å². The van der Waals surface area contributed by atoms with Crippen LogP contribution in [0.5, 0.6) is 0 Å². The van der Waals surface area contributed by atoms with Crippen molar-refractivity contribution < 1.29 is 0 Å². The molecule has 60 valence electrons. The van der Waals surface area contributed by atoms with Gasteiger partial charge in [-0.05, 0) is 15.9 Å². The molecule has 1 aromatic heterocycles. The minimum Gasteiger partial charge on any atom is -0.373 e. The van der Waals surface area contributed by atoms with Gasteiger partial charge in [-0.2, -0.15) is 0 Å². The summed E-state index contributed by atoms with van der Waals surface area (Å²) in [6, 6.07) is 0. The predicted molar refractivity (Wildman–Crippen MR) is 49.1 cm³/mol. The molecule has 11 heavy (non-hydrogen) atoms. The molecule has 0 radical (unpaired) electrons. The van der Waals surface area contributed by atoms with Crippen molar-refractivity contribution in [2.24, 2.45) is 0 Å². The molecule has 0 spiro atoms. The number of hydrogen-bond acceptors (Lipinski definition) is 2. The third-order valence-electron chi connectivity index (χ3n) is 1.36. The highest BCUT2D eigenvalue weighted by atomic mass is 79.9. The van der Waals surface area contributed by atoms with Gasteiger partial charge in [-0.15, -0.1) is 0 Å². The van der Waals surface area contributed by atoms with Gasteiger partial charge in [0, 0.05) is 26.5 Å². The largest absolute Gasteiger partial charge is 0.373 e. The van der Waals surface area contributed by atoms with Gasteiger partial charge < -0.3 is 9.88 Å². The van der Waals surface area contributed by atoms with Gasteiger partial charge in [0.25, 0.3) is 0 Å². The Morgan fingerprint density at radius 1 is 1.45 bits per heavy atom. The van der Waals surface area contributed by atoms with Gasteiger partial charge in [0.15, 0.2) is 0 Å². The maximum Gasteiger partial charge on any atom is 0.218 e. The second kappa shape index (κ2) is 3.09. The summed E-state index contributed by atoms with van der Waals surface area (Å²) < 4.78 is 0.559. The van der Waals surface area contributed by atoms with Crippen LogP contribution in [0.1, 0.15) is 0 Å². The van der Waals surface area contributed by atoms with Crippen LogP contribution in [0.15, 0.2) is 21.7 Å². The average molecular weight is 217 g/mol. The van der Waals surface area contributed by atoms with Crippen molar-refractivity contribution in [2.45, 2.75) is 0 Å². The zero-order valence-corrected chi connectivity index (χ0v) is 7.97. The van der Waals surface area contributed by atoms with Crippen molar-refractivity contribution in [2.75, 3.05) is 19.0 Å². The Labute approximate surface area is 73.2 Å². The first-order valence-corrected chi connectivity index (χ1v) is 3.96. The molecule has 1 rings (SSSR count). The molecule has 3 nitrogen and oxygen atoms in total. The number of halogens is 1. The van der Waals surface area contributed by atoms with Crippen LogP contribution in [0.4, 0.5) is 5.69 Å². The Morgan fingerprint density at radius 2 is 2.09 bits per heavy atom. The minimum atomic E-state index is 0.00810. The highest BCUT2D eigenvalue weighted by Crippen LogP contribution is 2.07. The predicted octanol–water partition coefficient (Wildman–Crippen LogP) is 1.20. The lowest BCUT2D eigenvalue weighted by Gasteiger charge is -2.10. The maximum atomic E-state index is 11.3. The lowest BCUT2D eigenvalue weighted by molar-refractivity contribution is 1.09. The van der Waals surface area contributed by atoms with Crippen LogP contribution in [-0.4, -0.2) is 19.1 Å². The van der Waals surface area contributed by atoms with E-state index in [4.69, 9.17) is 0 Å². The Morgan fingerprint density at radius 3 is 2.55 bits per heavy atom. The quantitative estimate of drug-likeness (QED) is 0.767. The van der Waals surface area contributed by atoms with Crippen LogP contribution in [0.25, 0.3) is 0 Å². The van der Waals surface area contributed by atoms with E-state index in [1.807, 2.05) is 14.1 Å². The molecular formula is C7H9BrN2O. The van der Waals surface area contributed by atoms with Gasteiger partial charge in [0.05, 0.1) is 4.47 Å². The molecule has 0 aliphatic carbocycles. The van der Waals surface area contributed by atoms with Crippen molar-refractivity contribution in [1.82, 2.24) is 4.98 Å². The molecule has 0 saturated carbocycles. The number of hydrogen-bond donors (Lipinski definition) is 1. The number of nitrogens with zero attached hydrogens (tertiary/aromatic N) is 1. The zero-order valence-electron chi connectivity index (χ0n) is 6.39. The molecule has 0 saturated heterocycles. The summed E-state index contributed by atoms with van der Waals surface area (Å²) in [5, 5.41) is 0. The Balaban J connectivity index is 3.28. The van der Waals surface area contributed by atoms with E-state index in [2.05, 4.69) is 20.9 Å². The molecule has 0 aliphatic rings. The van der Waals surface area contributed by atoms with Crippen LogP contribution < -0.4 is 10.3 Å². The lowest BCUT2D eigenvalue weighted by atomic mass is 10.4. The summed E-state index contributed by atoms with van der Waals surface area (Å²) in [6.07, 6.45) is 3.29. The number of aromatic amines is 1. The molecule has 0 unspecified atom stereocenters. The van der Waals surface area contributed by atoms with Crippen molar-refractivity contribution in [3.63, 3.8) is 0 Å². The number of anilines is 1. The first kappa shape index (κ1) is 8.33. The van der Waals surface area contributed by atoms with Crippen molar-refractivity contribution >= 4 is 21.6 Å². The third kappa shape index (κ3) is 1.63. The summed E-state index contributed by atoms with van der Waals surface area (Å²) >= 11 is 3.14. The SMILES string of the molecule is CN(C)c1c[nH]cc(Br)c1=O. The van der Waals surface area contributed by atoms with Gasteiger partial charge in [-0.25, -0.2) is 0 Å². The molecule has 0 bridgehead atoms.